The van der Waals surface area contributed by atoms with E-state index in [0.717, 1.165) is 16.9 Å². The van der Waals surface area contributed by atoms with Gasteiger partial charge in [0, 0.05) is 10.1 Å². The lowest BCUT2D eigenvalue weighted by atomic mass is 10.2. The predicted molar refractivity (Wildman–Crippen MR) is 81.9 cm³/mol. The minimum absolute atomic E-state index is 0.0545. The zero-order valence-corrected chi connectivity index (χ0v) is 13.3. The van der Waals surface area contributed by atoms with Crippen molar-refractivity contribution < 1.29 is 18.4 Å². The summed E-state index contributed by atoms with van der Waals surface area (Å²) >= 11 is 7.29. The van der Waals surface area contributed by atoms with Crippen molar-refractivity contribution in [3.63, 3.8) is 0 Å². The number of aromatic nitrogens is 1. The highest BCUT2D eigenvalue weighted by Crippen LogP contribution is 2.36. The van der Waals surface area contributed by atoms with Crippen molar-refractivity contribution in [1.82, 2.24) is 5.16 Å². The van der Waals surface area contributed by atoms with E-state index in [0.29, 0.717) is 21.5 Å². The van der Waals surface area contributed by atoms with E-state index >= 15 is 0 Å². The Morgan fingerprint density at radius 3 is 2.91 bits per heavy atom. The molecule has 0 N–H and O–H groups in total. The molecule has 0 aliphatic rings. The van der Waals surface area contributed by atoms with E-state index in [4.69, 9.17) is 20.9 Å². The van der Waals surface area contributed by atoms with Gasteiger partial charge in [0.1, 0.15) is 23.1 Å². The zero-order valence-electron chi connectivity index (χ0n) is 11.8. The minimum atomic E-state index is -0.549. The van der Waals surface area contributed by atoms with Crippen molar-refractivity contribution in [2.75, 3.05) is 0 Å². The van der Waals surface area contributed by atoms with E-state index in [1.807, 2.05) is 0 Å². The van der Waals surface area contributed by atoms with E-state index in [9.17, 15) is 9.18 Å². The third-order valence-corrected chi connectivity index (χ3v) is 4.94. The molecule has 2 heterocycles. The molecule has 0 radical (unpaired) electrons. The van der Waals surface area contributed by atoms with Crippen molar-refractivity contribution >= 4 is 39.0 Å². The number of nitrogens with zero attached hydrogens (tertiary/aromatic N) is 1. The number of hydrogen-bond donors (Lipinski definition) is 0. The normalized spacial score (nSPS) is 11.1. The number of thiophene rings is 1. The number of fused-ring (bicyclic) bond motifs is 1. The monoisotopic (exact) mass is 339 g/mol. The fraction of sp³-hybridized carbons (Fsp3) is 0.200. The molecule has 0 fully saturated rings. The third kappa shape index (κ3) is 2.60. The van der Waals surface area contributed by atoms with Gasteiger partial charge in [-0.15, -0.1) is 11.3 Å². The van der Waals surface area contributed by atoms with Crippen LogP contribution in [0.4, 0.5) is 4.39 Å². The Kier molecular flexibility index (Phi) is 3.88. The minimum Gasteiger partial charge on any atom is -0.456 e. The summed E-state index contributed by atoms with van der Waals surface area (Å²) in [6.45, 7) is 3.58. The first kappa shape index (κ1) is 15.0. The Balaban J connectivity index is 1.85. The van der Waals surface area contributed by atoms with Gasteiger partial charge in [0.25, 0.3) is 0 Å². The van der Waals surface area contributed by atoms with Crippen LogP contribution in [-0.2, 0) is 11.3 Å². The van der Waals surface area contributed by atoms with Crippen LogP contribution in [0.2, 0.25) is 5.02 Å². The first-order chi connectivity index (χ1) is 10.5. The van der Waals surface area contributed by atoms with Crippen molar-refractivity contribution in [3.8, 4) is 0 Å². The molecule has 0 unspecified atom stereocenters. The summed E-state index contributed by atoms with van der Waals surface area (Å²) in [4.78, 5) is 12.5. The van der Waals surface area contributed by atoms with Gasteiger partial charge in [0.05, 0.1) is 16.3 Å². The number of rotatable bonds is 3. The SMILES string of the molecule is Cc1noc(C)c1COC(=O)c1sc2cc(F)ccc2c1Cl. The fourth-order valence-electron chi connectivity index (χ4n) is 2.08. The van der Waals surface area contributed by atoms with Crippen LogP contribution in [0.15, 0.2) is 22.7 Å². The van der Waals surface area contributed by atoms with Crippen LogP contribution >= 0.6 is 22.9 Å². The van der Waals surface area contributed by atoms with E-state index in [-0.39, 0.29) is 22.3 Å². The van der Waals surface area contributed by atoms with Gasteiger partial charge in [-0.1, -0.05) is 16.8 Å². The van der Waals surface area contributed by atoms with Crippen LogP contribution in [0.5, 0.6) is 0 Å². The smallest absolute Gasteiger partial charge is 0.350 e. The molecule has 2 aromatic heterocycles. The summed E-state index contributed by atoms with van der Waals surface area (Å²) < 4.78 is 24.1. The molecule has 0 bridgehead atoms. The van der Waals surface area contributed by atoms with Crippen LogP contribution in [-0.4, -0.2) is 11.1 Å². The highest BCUT2D eigenvalue weighted by Gasteiger charge is 2.20. The number of carbonyl (C=O) groups excluding carboxylic acids is 1. The van der Waals surface area contributed by atoms with E-state index in [1.54, 1.807) is 19.9 Å². The van der Waals surface area contributed by atoms with Crippen molar-refractivity contribution in [3.05, 3.63) is 50.9 Å². The van der Waals surface area contributed by atoms with Gasteiger partial charge in [0.15, 0.2) is 0 Å². The molecular weight excluding hydrogens is 329 g/mol. The Morgan fingerprint density at radius 1 is 1.45 bits per heavy atom. The van der Waals surface area contributed by atoms with Crippen molar-refractivity contribution in [1.29, 1.82) is 0 Å². The van der Waals surface area contributed by atoms with Gasteiger partial charge in [-0.25, -0.2) is 9.18 Å². The second kappa shape index (κ2) is 5.70. The summed E-state index contributed by atoms with van der Waals surface area (Å²) in [5, 5.41) is 4.72. The quantitative estimate of drug-likeness (QED) is 0.651. The molecule has 0 spiro atoms. The Bertz CT molecular complexity index is 852. The number of ether oxygens (including phenoxy) is 1. The van der Waals surface area contributed by atoms with Gasteiger partial charge in [-0.2, -0.15) is 0 Å². The molecule has 0 saturated heterocycles. The third-order valence-electron chi connectivity index (χ3n) is 3.31. The Morgan fingerprint density at radius 2 is 2.23 bits per heavy atom. The van der Waals surface area contributed by atoms with Crippen LogP contribution in [0, 0.1) is 19.7 Å². The molecule has 22 heavy (non-hydrogen) atoms. The molecule has 7 heteroatoms. The molecule has 0 saturated carbocycles. The topological polar surface area (TPSA) is 52.3 Å². The second-order valence-corrected chi connectivity index (χ2v) is 6.19. The van der Waals surface area contributed by atoms with E-state index < -0.39 is 5.97 Å². The number of esters is 1. The molecule has 0 atom stereocenters. The highest BCUT2D eigenvalue weighted by atomic mass is 35.5. The largest absolute Gasteiger partial charge is 0.456 e. The van der Waals surface area contributed by atoms with Crippen LogP contribution < -0.4 is 0 Å². The molecule has 3 aromatic rings. The standard InChI is InChI=1S/C15H11ClFNO3S/c1-7-11(8(2)21-18-7)6-20-15(19)14-13(16)10-4-3-9(17)5-12(10)22-14/h3-5H,6H2,1-2H3. The molecular formula is C15H11ClFNO3S. The van der Waals surface area contributed by atoms with Crippen molar-refractivity contribution in [2.24, 2.45) is 0 Å². The summed E-state index contributed by atoms with van der Waals surface area (Å²) in [6, 6.07) is 4.20. The average molecular weight is 340 g/mol. The second-order valence-electron chi connectivity index (χ2n) is 4.76. The number of halogens is 2. The molecule has 3 rings (SSSR count). The number of aryl methyl sites for hydroxylation is 2. The molecule has 0 amide bonds. The lowest BCUT2D eigenvalue weighted by Crippen LogP contribution is -2.04. The lowest BCUT2D eigenvalue weighted by Gasteiger charge is -2.03. The molecule has 4 nitrogen and oxygen atoms in total. The maximum atomic E-state index is 13.2. The maximum absolute atomic E-state index is 13.2. The lowest BCUT2D eigenvalue weighted by molar-refractivity contribution is 0.0477. The molecule has 1 aromatic carbocycles. The van der Waals surface area contributed by atoms with Gasteiger partial charge < -0.3 is 9.26 Å². The molecule has 114 valence electrons. The summed E-state index contributed by atoms with van der Waals surface area (Å²) in [6.07, 6.45) is 0. The van der Waals surface area contributed by atoms with Gasteiger partial charge >= 0.3 is 5.97 Å². The first-order valence-corrected chi connectivity index (χ1v) is 7.63. The van der Waals surface area contributed by atoms with E-state index in [1.165, 1.54) is 12.1 Å². The van der Waals surface area contributed by atoms with Gasteiger partial charge in [0.2, 0.25) is 0 Å². The summed E-state index contributed by atoms with van der Waals surface area (Å²) in [5.74, 6) is -0.317. The maximum Gasteiger partial charge on any atom is 0.350 e. The molecule has 0 aliphatic heterocycles. The van der Waals surface area contributed by atoms with Crippen LogP contribution in [0.3, 0.4) is 0 Å². The number of hydrogen-bond acceptors (Lipinski definition) is 5. The van der Waals surface area contributed by atoms with Gasteiger partial charge in [-0.05, 0) is 32.0 Å². The number of carbonyl (C=O) groups is 1. The first-order valence-electron chi connectivity index (χ1n) is 6.44. The zero-order chi connectivity index (χ0) is 15.9. The Labute approximate surface area is 134 Å². The summed E-state index contributed by atoms with van der Waals surface area (Å²) in [5.41, 5.74) is 1.41. The molecule has 0 aliphatic carbocycles. The predicted octanol–water partition coefficient (Wildman–Crippen LogP) is 4.66. The fourth-order valence-corrected chi connectivity index (χ4v) is 3.51. The van der Waals surface area contributed by atoms with Crippen molar-refractivity contribution in [2.45, 2.75) is 20.5 Å². The van der Waals surface area contributed by atoms with Crippen LogP contribution in [0.25, 0.3) is 10.1 Å². The number of benzene rings is 1. The summed E-state index contributed by atoms with van der Waals surface area (Å²) in [7, 11) is 0. The average Bonchev–Trinajstić information content (AvgIpc) is 2.97. The van der Waals surface area contributed by atoms with Gasteiger partial charge in [-0.3, -0.25) is 0 Å². The Hall–Kier alpha value is -1.92. The van der Waals surface area contributed by atoms with Crippen LogP contribution in [0.1, 0.15) is 26.7 Å². The van der Waals surface area contributed by atoms with E-state index in [2.05, 4.69) is 5.16 Å². The highest BCUT2D eigenvalue weighted by molar-refractivity contribution is 7.21.